The quantitative estimate of drug-likeness (QED) is 0.238. The molecule has 2 aromatic carbocycles. The van der Waals surface area contributed by atoms with E-state index in [0.29, 0.717) is 15.8 Å². The van der Waals surface area contributed by atoms with Crippen LogP contribution in [0.4, 0.5) is 5.69 Å². The summed E-state index contributed by atoms with van der Waals surface area (Å²) in [5.41, 5.74) is -0.341. The highest BCUT2D eigenvalue weighted by atomic mass is 35.5. The molecule has 0 radical (unpaired) electrons. The number of para-hydroxylation sites is 1. The zero-order chi connectivity index (χ0) is 16.8. The van der Waals surface area contributed by atoms with Gasteiger partial charge in [-0.25, -0.2) is 4.79 Å². The van der Waals surface area contributed by atoms with Gasteiger partial charge in [0.2, 0.25) is 0 Å². The topological polar surface area (TPSA) is 69.4 Å². The number of thioether (sulfide) groups is 1. The maximum absolute atomic E-state index is 11.9. The van der Waals surface area contributed by atoms with Crippen LogP contribution in [0.3, 0.4) is 0 Å². The van der Waals surface area contributed by atoms with Crippen LogP contribution in [0, 0.1) is 10.1 Å². The maximum Gasteiger partial charge on any atom is 0.345 e. The van der Waals surface area contributed by atoms with Gasteiger partial charge < -0.3 is 4.74 Å². The van der Waals surface area contributed by atoms with Crippen LogP contribution in [0.1, 0.15) is 10.4 Å². The highest BCUT2D eigenvalue weighted by Crippen LogP contribution is 2.29. The van der Waals surface area contributed by atoms with Gasteiger partial charge >= 0.3 is 5.97 Å². The third kappa shape index (κ3) is 4.86. The Hall–Kier alpha value is -1.76. The van der Waals surface area contributed by atoms with E-state index in [1.54, 1.807) is 24.3 Å². The van der Waals surface area contributed by atoms with Crippen LogP contribution in [-0.4, -0.2) is 23.3 Å². The van der Waals surface area contributed by atoms with Crippen molar-refractivity contribution in [3.63, 3.8) is 0 Å². The van der Waals surface area contributed by atoms with Crippen LogP contribution in [0.5, 0.6) is 0 Å². The van der Waals surface area contributed by atoms with E-state index in [-0.39, 0.29) is 17.9 Å². The average Bonchev–Trinajstić information content (AvgIpc) is 2.54. The summed E-state index contributed by atoms with van der Waals surface area (Å²) in [6.07, 6.45) is 0. The molecule has 0 spiro atoms. The van der Waals surface area contributed by atoms with Crippen LogP contribution < -0.4 is 0 Å². The van der Waals surface area contributed by atoms with Gasteiger partial charge in [-0.2, -0.15) is 0 Å². The molecule has 0 heterocycles. The largest absolute Gasteiger partial charge is 0.461 e. The third-order valence-electron chi connectivity index (χ3n) is 2.79. The molecule has 8 heteroatoms. The molecule has 0 amide bonds. The lowest BCUT2D eigenvalue weighted by atomic mass is 10.2. The number of hydrogen-bond donors (Lipinski definition) is 0. The molecule has 0 saturated carbocycles. The first-order valence-electron chi connectivity index (χ1n) is 6.47. The number of carbonyl (C=O) groups excluding carboxylic acids is 1. The number of rotatable bonds is 6. The number of nitrogens with zero attached hydrogens (tertiary/aromatic N) is 1. The fourth-order valence-corrected chi connectivity index (χ4v) is 3.08. The van der Waals surface area contributed by atoms with Crippen molar-refractivity contribution < 1.29 is 14.5 Å². The van der Waals surface area contributed by atoms with Crippen LogP contribution >= 0.6 is 35.0 Å². The van der Waals surface area contributed by atoms with E-state index >= 15 is 0 Å². The maximum atomic E-state index is 11.9. The van der Waals surface area contributed by atoms with Crippen molar-refractivity contribution in [3.8, 4) is 0 Å². The smallest absolute Gasteiger partial charge is 0.345 e. The lowest BCUT2D eigenvalue weighted by Crippen LogP contribution is -2.10. The second-order valence-electron chi connectivity index (χ2n) is 4.33. The molecule has 0 atom stereocenters. The number of carbonyl (C=O) groups is 1. The summed E-state index contributed by atoms with van der Waals surface area (Å²) in [5, 5.41) is 12.0. The Morgan fingerprint density at radius 2 is 1.96 bits per heavy atom. The average molecular weight is 372 g/mol. The Balaban J connectivity index is 1.91. The highest BCUT2D eigenvalue weighted by molar-refractivity contribution is 7.99. The molecule has 0 aliphatic carbocycles. The Bertz CT molecular complexity index is 739. The Labute approximate surface area is 146 Å². The molecule has 0 saturated heterocycles. The highest BCUT2D eigenvalue weighted by Gasteiger charge is 2.20. The van der Waals surface area contributed by atoms with Gasteiger partial charge in [0.25, 0.3) is 5.69 Å². The molecule has 0 bridgehead atoms. The van der Waals surface area contributed by atoms with Gasteiger partial charge in [-0.3, -0.25) is 10.1 Å². The van der Waals surface area contributed by atoms with E-state index in [0.717, 1.165) is 4.90 Å². The Morgan fingerprint density at radius 3 is 2.70 bits per heavy atom. The molecule has 23 heavy (non-hydrogen) atoms. The zero-order valence-electron chi connectivity index (χ0n) is 11.7. The van der Waals surface area contributed by atoms with Crippen LogP contribution in [-0.2, 0) is 4.74 Å². The number of nitro groups is 1. The number of ether oxygens (including phenoxy) is 1. The van der Waals surface area contributed by atoms with Gasteiger partial charge in [-0.15, -0.1) is 11.8 Å². The number of halogens is 2. The first kappa shape index (κ1) is 17.6. The molecule has 2 rings (SSSR count). The van der Waals surface area contributed by atoms with Gasteiger partial charge in [0.05, 0.1) is 9.95 Å². The van der Waals surface area contributed by atoms with Gasteiger partial charge in [0.1, 0.15) is 12.2 Å². The summed E-state index contributed by atoms with van der Waals surface area (Å²) in [6.45, 7) is 0.0956. The summed E-state index contributed by atoms with van der Waals surface area (Å²) >= 11 is 13.3. The van der Waals surface area contributed by atoms with Crippen molar-refractivity contribution in [2.45, 2.75) is 4.90 Å². The SMILES string of the molecule is O=C(OCCSc1cc(Cl)ccc1Cl)c1ccccc1[N+](=O)[O-]. The van der Waals surface area contributed by atoms with Crippen molar-refractivity contribution >= 4 is 46.6 Å². The van der Waals surface area contributed by atoms with Gasteiger partial charge in [0, 0.05) is 21.7 Å². The number of benzene rings is 2. The van der Waals surface area contributed by atoms with E-state index < -0.39 is 10.9 Å². The standard InChI is InChI=1S/C15H11Cl2NO4S/c16-10-5-6-12(17)14(9-10)23-8-7-22-15(19)11-3-1-2-4-13(11)18(20)21/h1-6,9H,7-8H2. The molecule has 2 aromatic rings. The van der Waals surface area contributed by atoms with E-state index in [1.807, 2.05) is 0 Å². The molecule has 0 aliphatic rings. The third-order valence-corrected chi connectivity index (χ3v) is 4.48. The van der Waals surface area contributed by atoms with E-state index in [2.05, 4.69) is 0 Å². The zero-order valence-corrected chi connectivity index (χ0v) is 14.0. The van der Waals surface area contributed by atoms with Crippen molar-refractivity contribution in [1.29, 1.82) is 0 Å². The van der Waals surface area contributed by atoms with E-state index in [1.165, 1.54) is 30.0 Å². The van der Waals surface area contributed by atoms with Crippen LogP contribution in [0.25, 0.3) is 0 Å². The van der Waals surface area contributed by atoms with Crippen molar-refractivity contribution in [2.24, 2.45) is 0 Å². The summed E-state index contributed by atoms with van der Waals surface area (Å²) in [5.74, 6) is -0.276. The molecule has 0 aliphatic heterocycles. The summed E-state index contributed by atoms with van der Waals surface area (Å²) in [4.78, 5) is 23.0. The molecular weight excluding hydrogens is 361 g/mol. The minimum atomic E-state index is -0.727. The Kier molecular flexibility index (Phi) is 6.27. The lowest BCUT2D eigenvalue weighted by molar-refractivity contribution is -0.385. The van der Waals surface area contributed by atoms with Crippen molar-refractivity contribution in [1.82, 2.24) is 0 Å². The molecule has 120 valence electrons. The number of nitro benzene ring substituents is 1. The predicted molar refractivity (Wildman–Crippen MR) is 90.6 cm³/mol. The normalized spacial score (nSPS) is 10.3. The summed E-state index contributed by atoms with van der Waals surface area (Å²) in [7, 11) is 0. The minimum Gasteiger partial charge on any atom is -0.461 e. The van der Waals surface area contributed by atoms with Crippen LogP contribution in [0.2, 0.25) is 10.0 Å². The second-order valence-corrected chi connectivity index (χ2v) is 6.31. The predicted octanol–water partition coefficient (Wildman–Crippen LogP) is 4.85. The van der Waals surface area contributed by atoms with Crippen molar-refractivity contribution in [2.75, 3.05) is 12.4 Å². The summed E-state index contributed by atoms with van der Waals surface area (Å²) < 4.78 is 5.07. The van der Waals surface area contributed by atoms with Gasteiger partial charge in [-0.1, -0.05) is 35.3 Å². The first-order chi connectivity index (χ1) is 11.0. The minimum absolute atomic E-state index is 0.0664. The summed E-state index contributed by atoms with van der Waals surface area (Å²) in [6, 6.07) is 10.8. The second kappa shape index (κ2) is 8.19. The van der Waals surface area contributed by atoms with E-state index in [4.69, 9.17) is 27.9 Å². The molecular formula is C15H11Cl2NO4S. The van der Waals surface area contributed by atoms with Gasteiger partial charge in [-0.05, 0) is 24.3 Å². The van der Waals surface area contributed by atoms with E-state index in [9.17, 15) is 14.9 Å². The number of esters is 1. The van der Waals surface area contributed by atoms with Gasteiger partial charge in [0.15, 0.2) is 0 Å². The molecule has 0 unspecified atom stereocenters. The molecule has 0 fully saturated rings. The Morgan fingerprint density at radius 1 is 1.22 bits per heavy atom. The first-order valence-corrected chi connectivity index (χ1v) is 8.21. The fraction of sp³-hybridized carbons (Fsp3) is 0.133. The fourth-order valence-electron chi connectivity index (χ4n) is 1.76. The molecule has 0 N–H and O–H groups in total. The molecule has 0 aromatic heterocycles. The van der Waals surface area contributed by atoms with Crippen LogP contribution in [0.15, 0.2) is 47.4 Å². The molecule has 5 nitrogen and oxygen atoms in total. The monoisotopic (exact) mass is 371 g/mol. The lowest BCUT2D eigenvalue weighted by Gasteiger charge is -2.07. The number of hydrogen-bond acceptors (Lipinski definition) is 5. The van der Waals surface area contributed by atoms with Crippen molar-refractivity contribution in [3.05, 3.63) is 68.2 Å².